The first kappa shape index (κ1) is 8.63. The van der Waals surface area contributed by atoms with Crippen molar-refractivity contribution in [2.24, 2.45) is 0 Å². The average Bonchev–Trinajstić information content (AvgIpc) is 1.89. The van der Waals surface area contributed by atoms with Crippen LogP contribution in [-0.2, 0) is 0 Å². The first-order chi connectivity index (χ1) is 4.41. The standard InChI is InChI=1S/C7H15NO/c8-6-4-2-1-3-5-7-9/h6,8-9H,1-5,7H2. The van der Waals surface area contributed by atoms with Gasteiger partial charge in [0.1, 0.15) is 0 Å². The van der Waals surface area contributed by atoms with Gasteiger partial charge in [0.2, 0.25) is 0 Å². The SMILES string of the molecule is N=CCCCCCCO. The Kier molecular flexibility index (Phi) is 7.32. The van der Waals surface area contributed by atoms with Gasteiger partial charge in [0, 0.05) is 6.61 Å². The summed E-state index contributed by atoms with van der Waals surface area (Å²) in [5.41, 5.74) is 0. The number of aliphatic hydroxyl groups excluding tert-OH is 1. The molecule has 0 rings (SSSR count). The molecule has 2 N–H and O–H groups in total. The Balaban J connectivity index is 2.66. The molecular weight excluding hydrogens is 114 g/mol. The van der Waals surface area contributed by atoms with Crippen molar-refractivity contribution in [3.8, 4) is 0 Å². The predicted molar refractivity (Wildman–Crippen MR) is 39.0 cm³/mol. The first-order valence-electron chi connectivity index (χ1n) is 3.51. The van der Waals surface area contributed by atoms with E-state index >= 15 is 0 Å². The van der Waals surface area contributed by atoms with Crippen LogP contribution in [0.25, 0.3) is 0 Å². The molecule has 0 atom stereocenters. The highest BCUT2D eigenvalue weighted by Gasteiger charge is 1.85. The minimum Gasteiger partial charge on any atom is -0.396 e. The lowest BCUT2D eigenvalue weighted by Gasteiger charge is -1.93. The summed E-state index contributed by atoms with van der Waals surface area (Å²) in [6, 6.07) is 0. The molecule has 0 fully saturated rings. The van der Waals surface area contributed by atoms with Crippen LogP contribution in [0.1, 0.15) is 32.1 Å². The van der Waals surface area contributed by atoms with Gasteiger partial charge in [0.05, 0.1) is 0 Å². The third-order valence-corrected chi connectivity index (χ3v) is 1.26. The van der Waals surface area contributed by atoms with Gasteiger partial charge in [-0.05, 0) is 25.5 Å². The molecule has 0 aromatic carbocycles. The lowest BCUT2D eigenvalue weighted by molar-refractivity contribution is 0.283. The van der Waals surface area contributed by atoms with E-state index in [9.17, 15) is 0 Å². The van der Waals surface area contributed by atoms with E-state index in [2.05, 4.69) is 0 Å². The zero-order valence-corrected chi connectivity index (χ0v) is 5.77. The maximum Gasteiger partial charge on any atom is 0.0431 e. The van der Waals surface area contributed by atoms with Crippen LogP contribution in [0, 0.1) is 5.41 Å². The Morgan fingerprint density at radius 1 is 1.11 bits per heavy atom. The Bertz CT molecular complexity index is 63.9. The fraction of sp³-hybridized carbons (Fsp3) is 0.857. The lowest BCUT2D eigenvalue weighted by atomic mass is 10.2. The average molecular weight is 129 g/mol. The fourth-order valence-corrected chi connectivity index (χ4v) is 0.712. The number of rotatable bonds is 6. The lowest BCUT2D eigenvalue weighted by Crippen LogP contribution is -1.83. The van der Waals surface area contributed by atoms with E-state index in [4.69, 9.17) is 10.5 Å². The molecule has 0 bridgehead atoms. The smallest absolute Gasteiger partial charge is 0.0431 e. The van der Waals surface area contributed by atoms with Crippen LogP contribution in [0.15, 0.2) is 0 Å². The molecule has 0 amide bonds. The molecule has 0 aromatic rings. The second kappa shape index (κ2) is 7.63. The Hall–Kier alpha value is -0.370. The maximum absolute atomic E-state index is 8.38. The molecule has 2 nitrogen and oxygen atoms in total. The van der Waals surface area contributed by atoms with Crippen molar-refractivity contribution in [3.63, 3.8) is 0 Å². The second-order valence-electron chi connectivity index (χ2n) is 2.13. The zero-order valence-electron chi connectivity index (χ0n) is 5.77. The molecule has 0 saturated heterocycles. The van der Waals surface area contributed by atoms with Crippen LogP contribution in [-0.4, -0.2) is 17.9 Å². The van der Waals surface area contributed by atoms with Crippen molar-refractivity contribution in [1.82, 2.24) is 0 Å². The highest BCUT2D eigenvalue weighted by atomic mass is 16.2. The summed E-state index contributed by atoms with van der Waals surface area (Å²) in [7, 11) is 0. The topological polar surface area (TPSA) is 44.1 Å². The molecule has 0 spiro atoms. The van der Waals surface area contributed by atoms with E-state index in [1.54, 1.807) is 0 Å². The number of nitrogens with one attached hydrogen (secondary N) is 1. The predicted octanol–water partition coefficient (Wildman–Crippen LogP) is 1.58. The molecule has 0 aliphatic heterocycles. The van der Waals surface area contributed by atoms with Crippen LogP contribution in [0.5, 0.6) is 0 Å². The van der Waals surface area contributed by atoms with Gasteiger partial charge in [0.25, 0.3) is 0 Å². The summed E-state index contributed by atoms with van der Waals surface area (Å²) < 4.78 is 0. The molecule has 0 saturated carbocycles. The zero-order chi connectivity index (χ0) is 6.95. The number of unbranched alkanes of at least 4 members (excludes halogenated alkanes) is 4. The van der Waals surface area contributed by atoms with E-state index in [1.807, 2.05) is 0 Å². The van der Waals surface area contributed by atoms with Crippen LogP contribution in [0.2, 0.25) is 0 Å². The summed E-state index contributed by atoms with van der Waals surface area (Å²) in [5.74, 6) is 0. The van der Waals surface area contributed by atoms with Crippen molar-refractivity contribution in [1.29, 1.82) is 5.41 Å². The van der Waals surface area contributed by atoms with Crippen molar-refractivity contribution in [2.75, 3.05) is 6.61 Å². The number of hydrogen-bond acceptors (Lipinski definition) is 2. The monoisotopic (exact) mass is 129 g/mol. The highest BCUT2D eigenvalue weighted by molar-refractivity contribution is 5.52. The maximum atomic E-state index is 8.38. The van der Waals surface area contributed by atoms with E-state index in [1.165, 1.54) is 6.21 Å². The van der Waals surface area contributed by atoms with Crippen LogP contribution in [0.3, 0.4) is 0 Å². The van der Waals surface area contributed by atoms with Gasteiger partial charge in [0.15, 0.2) is 0 Å². The summed E-state index contributed by atoms with van der Waals surface area (Å²) in [6.45, 7) is 0.310. The summed E-state index contributed by atoms with van der Waals surface area (Å²) in [4.78, 5) is 0. The normalized spacial score (nSPS) is 9.44. The van der Waals surface area contributed by atoms with E-state index in [0.29, 0.717) is 6.61 Å². The van der Waals surface area contributed by atoms with E-state index in [-0.39, 0.29) is 0 Å². The first-order valence-corrected chi connectivity index (χ1v) is 3.51. The van der Waals surface area contributed by atoms with Crippen LogP contribution < -0.4 is 0 Å². The molecular formula is C7H15NO. The summed E-state index contributed by atoms with van der Waals surface area (Å²) >= 11 is 0. The molecule has 0 aliphatic carbocycles. The number of hydrogen-bond donors (Lipinski definition) is 2. The van der Waals surface area contributed by atoms with Crippen molar-refractivity contribution < 1.29 is 5.11 Å². The third kappa shape index (κ3) is 7.63. The summed E-state index contributed by atoms with van der Waals surface area (Å²) in [5, 5.41) is 15.1. The van der Waals surface area contributed by atoms with Gasteiger partial charge >= 0.3 is 0 Å². The Labute approximate surface area is 56.4 Å². The highest BCUT2D eigenvalue weighted by Crippen LogP contribution is 1.99. The van der Waals surface area contributed by atoms with Crippen LogP contribution >= 0.6 is 0 Å². The van der Waals surface area contributed by atoms with Gasteiger partial charge in [-0.2, -0.15) is 0 Å². The van der Waals surface area contributed by atoms with Crippen molar-refractivity contribution in [3.05, 3.63) is 0 Å². The van der Waals surface area contributed by atoms with Gasteiger partial charge < -0.3 is 10.5 Å². The molecule has 0 aliphatic rings. The molecule has 2 heteroatoms. The Morgan fingerprint density at radius 2 is 1.78 bits per heavy atom. The minimum absolute atomic E-state index is 0.310. The second-order valence-corrected chi connectivity index (χ2v) is 2.13. The Morgan fingerprint density at radius 3 is 2.33 bits per heavy atom. The van der Waals surface area contributed by atoms with E-state index in [0.717, 1.165) is 32.1 Å². The molecule has 54 valence electrons. The quantitative estimate of drug-likeness (QED) is 0.415. The van der Waals surface area contributed by atoms with Gasteiger partial charge in [-0.25, -0.2) is 0 Å². The summed E-state index contributed by atoms with van der Waals surface area (Å²) in [6.07, 6.45) is 6.60. The fourth-order valence-electron chi connectivity index (χ4n) is 0.712. The molecule has 0 unspecified atom stereocenters. The molecule has 0 aromatic heterocycles. The third-order valence-electron chi connectivity index (χ3n) is 1.26. The molecule has 0 heterocycles. The molecule has 9 heavy (non-hydrogen) atoms. The van der Waals surface area contributed by atoms with Crippen molar-refractivity contribution in [2.45, 2.75) is 32.1 Å². The van der Waals surface area contributed by atoms with Crippen molar-refractivity contribution >= 4 is 6.21 Å². The number of aliphatic hydroxyl groups is 1. The van der Waals surface area contributed by atoms with Gasteiger partial charge in [-0.3, -0.25) is 0 Å². The van der Waals surface area contributed by atoms with Crippen LogP contribution in [0.4, 0.5) is 0 Å². The largest absolute Gasteiger partial charge is 0.396 e. The van der Waals surface area contributed by atoms with E-state index < -0.39 is 0 Å². The molecule has 0 radical (unpaired) electrons. The minimum atomic E-state index is 0.310. The van der Waals surface area contributed by atoms with Gasteiger partial charge in [-0.1, -0.05) is 12.8 Å². The van der Waals surface area contributed by atoms with Gasteiger partial charge in [-0.15, -0.1) is 0 Å².